The molecule has 0 saturated carbocycles. The summed E-state index contributed by atoms with van der Waals surface area (Å²) in [6, 6.07) is 0.292. The van der Waals surface area contributed by atoms with Crippen LogP contribution in [0, 0.1) is 5.41 Å². The molecule has 2 atom stereocenters. The maximum atomic E-state index is 5.89. The highest BCUT2D eigenvalue weighted by molar-refractivity contribution is 4.81. The molecular weight excluding hydrogens is 136 g/mol. The van der Waals surface area contributed by atoms with E-state index in [2.05, 4.69) is 26.1 Å². The van der Waals surface area contributed by atoms with Gasteiger partial charge in [-0.3, -0.25) is 0 Å². The summed E-state index contributed by atoms with van der Waals surface area (Å²) >= 11 is 0. The van der Waals surface area contributed by atoms with Crippen molar-refractivity contribution < 1.29 is 0 Å². The molecule has 0 amide bonds. The van der Waals surface area contributed by atoms with Gasteiger partial charge in [0.2, 0.25) is 0 Å². The summed E-state index contributed by atoms with van der Waals surface area (Å²) in [6.45, 7) is 7.62. The van der Waals surface area contributed by atoms with Gasteiger partial charge in [-0.05, 0) is 38.8 Å². The molecule has 0 rings (SSSR count). The highest BCUT2D eigenvalue weighted by Crippen LogP contribution is 2.27. The molecule has 0 aromatic carbocycles. The summed E-state index contributed by atoms with van der Waals surface area (Å²) in [4.78, 5) is 0. The zero-order valence-electron chi connectivity index (χ0n) is 8.28. The Labute approximate surface area is 70.5 Å². The van der Waals surface area contributed by atoms with Crippen LogP contribution in [0.2, 0.25) is 0 Å². The molecular formula is C9H22N2. The van der Waals surface area contributed by atoms with Gasteiger partial charge in [-0.1, -0.05) is 13.8 Å². The first-order chi connectivity index (χ1) is 5.06. The predicted octanol–water partition coefficient (Wildman–Crippen LogP) is 1.36. The fraction of sp³-hybridized carbons (Fsp3) is 1.00. The van der Waals surface area contributed by atoms with Gasteiger partial charge in [-0.2, -0.15) is 0 Å². The molecule has 0 fully saturated rings. The highest BCUT2D eigenvalue weighted by Gasteiger charge is 2.25. The van der Waals surface area contributed by atoms with Crippen molar-refractivity contribution in [2.45, 2.75) is 39.7 Å². The van der Waals surface area contributed by atoms with Crippen LogP contribution in [-0.4, -0.2) is 19.6 Å². The first kappa shape index (κ1) is 10.9. The molecule has 0 aliphatic rings. The van der Waals surface area contributed by atoms with Crippen LogP contribution in [0.3, 0.4) is 0 Å². The lowest BCUT2D eigenvalue weighted by Gasteiger charge is -2.32. The lowest BCUT2D eigenvalue weighted by atomic mass is 9.78. The molecule has 0 aliphatic carbocycles. The Kier molecular flexibility index (Phi) is 4.69. The smallest absolute Gasteiger partial charge is 0.00647 e. The van der Waals surface area contributed by atoms with Crippen LogP contribution in [0.25, 0.3) is 0 Å². The van der Waals surface area contributed by atoms with Crippen molar-refractivity contribution >= 4 is 0 Å². The van der Waals surface area contributed by atoms with E-state index in [1.165, 1.54) is 0 Å². The van der Waals surface area contributed by atoms with Crippen LogP contribution in [0.15, 0.2) is 0 Å². The molecule has 0 radical (unpaired) electrons. The van der Waals surface area contributed by atoms with Crippen molar-refractivity contribution in [1.29, 1.82) is 0 Å². The zero-order chi connectivity index (χ0) is 8.91. The van der Waals surface area contributed by atoms with Crippen molar-refractivity contribution in [3.8, 4) is 0 Å². The summed E-state index contributed by atoms with van der Waals surface area (Å²) in [5.41, 5.74) is 6.20. The quantitative estimate of drug-likeness (QED) is 0.634. The number of hydrogen-bond donors (Lipinski definition) is 2. The van der Waals surface area contributed by atoms with Crippen molar-refractivity contribution in [3.05, 3.63) is 0 Å². The van der Waals surface area contributed by atoms with E-state index < -0.39 is 0 Å². The summed E-state index contributed by atoms with van der Waals surface area (Å²) in [7, 11) is 1.98. The summed E-state index contributed by atoms with van der Waals surface area (Å²) < 4.78 is 0. The third kappa shape index (κ3) is 3.21. The molecule has 2 heteroatoms. The fourth-order valence-corrected chi connectivity index (χ4v) is 1.14. The second-order valence-electron chi connectivity index (χ2n) is 3.65. The molecule has 0 aliphatic heterocycles. The minimum atomic E-state index is 0.292. The van der Waals surface area contributed by atoms with E-state index in [1.807, 2.05) is 7.05 Å². The number of nitrogens with one attached hydrogen (secondary N) is 1. The van der Waals surface area contributed by atoms with Gasteiger partial charge in [0.1, 0.15) is 0 Å². The fourth-order valence-electron chi connectivity index (χ4n) is 1.14. The monoisotopic (exact) mass is 158 g/mol. The third-order valence-corrected chi connectivity index (χ3v) is 2.85. The molecule has 2 unspecified atom stereocenters. The molecule has 0 spiro atoms. The number of hydrogen-bond acceptors (Lipinski definition) is 2. The maximum Gasteiger partial charge on any atom is 0.00647 e. The van der Waals surface area contributed by atoms with Crippen molar-refractivity contribution in [2.24, 2.45) is 11.1 Å². The van der Waals surface area contributed by atoms with Gasteiger partial charge in [-0.25, -0.2) is 0 Å². The first-order valence-corrected chi connectivity index (χ1v) is 4.47. The average molecular weight is 158 g/mol. The zero-order valence-corrected chi connectivity index (χ0v) is 8.28. The van der Waals surface area contributed by atoms with E-state index >= 15 is 0 Å². The molecule has 0 aromatic rings. The van der Waals surface area contributed by atoms with Gasteiger partial charge in [-0.15, -0.1) is 0 Å². The average Bonchev–Trinajstić information content (AvgIpc) is 2.00. The molecule has 0 aromatic heterocycles. The minimum absolute atomic E-state index is 0.292. The molecule has 68 valence electrons. The Morgan fingerprint density at radius 2 is 2.09 bits per heavy atom. The third-order valence-electron chi connectivity index (χ3n) is 2.85. The lowest BCUT2D eigenvalue weighted by Crippen LogP contribution is -2.38. The van der Waals surface area contributed by atoms with Crippen LogP contribution in [0.1, 0.15) is 33.6 Å². The van der Waals surface area contributed by atoms with Crippen LogP contribution in [0.5, 0.6) is 0 Å². The van der Waals surface area contributed by atoms with E-state index in [9.17, 15) is 0 Å². The van der Waals surface area contributed by atoms with E-state index in [1.54, 1.807) is 0 Å². The van der Waals surface area contributed by atoms with Gasteiger partial charge < -0.3 is 11.1 Å². The predicted molar refractivity (Wildman–Crippen MR) is 50.6 cm³/mol. The Morgan fingerprint density at radius 3 is 2.36 bits per heavy atom. The maximum absolute atomic E-state index is 5.89. The van der Waals surface area contributed by atoms with Crippen LogP contribution >= 0.6 is 0 Å². The van der Waals surface area contributed by atoms with E-state index in [0.29, 0.717) is 11.5 Å². The van der Waals surface area contributed by atoms with Gasteiger partial charge >= 0.3 is 0 Å². The second kappa shape index (κ2) is 4.73. The Hall–Kier alpha value is -0.0800. The van der Waals surface area contributed by atoms with Gasteiger partial charge in [0.05, 0.1) is 0 Å². The standard InChI is InChI=1S/C9H22N2/c1-5-9(3,8(2)10)6-7-11-4/h8,11H,5-7,10H2,1-4H3. The van der Waals surface area contributed by atoms with Gasteiger partial charge in [0.15, 0.2) is 0 Å². The van der Waals surface area contributed by atoms with Gasteiger partial charge in [0.25, 0.3) is 0 Å². The van der Waals surface area contributed by atoms with Crippen molar-refractivity contribution in [2.75, 3.05) is 13.6 Å². The normalized spacial score (nSPS) is 19.4. The van der Waals surface area contributed by atoms with Crippen molar-refractivity contribution in [3.63, 3.8) is 0 Å². The van der Waals surface area contributed by atoms with Crippen LogP contribution in [0.4, 0.5) is 0 Å². The Balaban J connectivity index is 3.88. The Bertz CT molecular complexity index is 102. The first-order valence-electron chi connectivity index (χ1n) is 4.47. The molecule has 2 nitrogen and oxygen atoms in total. The second-order valence-corrected chi connectivity index (χ2v) is 3.65. The topological polar surface area (TPSA) is 38.0 Å². The summed E-state index contributed by atoms with van der Waals surface area (Å²) in [5.74, 6) is 0. The summed E-state index contributed by atoms with van der Waals surface area (Å²) in [5, 5.41) is 3.16. The Morgan fingerprint density at radius 1 is 1.55 bits per heavy atom. The molecule has 3 N–H and O–H groups in total. The van der Waals surface area contributed by atoms with Crippen LogP contribution < -0.4 is 11.1 Å². The molecule has 0 saturated heterocycles. The lowest BCUT2D eigenvalue weighted by molar-refractivity contribution is 0.233. The minimum Gasteiger partial charge on any atom is -0.327 e. The van der Waals surface area contributed by atoms with E-state index in [-0.39, 0.29) is 0 Å². The SMILES string of the molecule is CCC(C)(CCNC)C(C)N. The molecule has 0 bridgehead atoms. The highest BCUT2D eigenvalue weighted by atomic mass is 14.8. The summed E-state index contributed by atoms with van der Waals surface area (Å²) in [6.07, 6.45) is 2.32. The van der Waals surface area contributed by atoms with Crippen LogP contribution in [-0.2, 0) is 0 Å². The van der Waals surface area contributed by atoms with E-state index in [4.69, 9.17) is 5.73 Å². The van der Waals surface area contributed by atoms with Gasteiger partial charge in [0, 0.05) is 6.04 Å². The molecule has 0 heterocycles. The molecule has 11 heavy (non-hydrogen) atoms. The number of nitrogens with two attached hydrogens (primary N) is 1. The van der Waals surface area contributed by atoms with E-state index in [0.717, 1.165) is 19.4 Å². The number of rotatable bonds is 5. The van der Waals surface area contributed by atoms with Crippen molar-refractivity contribution in [1.82, 2.24) is 5.32 Å². The largest absolute Gasteiger partial charge is 0.327 e.